The molecular weight excluding hydrogens is 412 g/mol. The van der Waals surface area contributed by atoms with Gasteiger partial charge in [-0.1, -0.05) is 35.0 Å². The molecule has 1 spiro atoms. The predicted molar refractivity (Wildman–Crippen MR) is 128 cm³/mol. The van der Waals surface area contributed by atoms with E-state index in [4.69, 9.17) is 4.84 Å². The molecule has 168 valence electrons. The van der Waals surface area contributed by atoms with Gasteiger partial charge in [0.1, 0.15) is 5.60 Å². The smallest absolute Gasteiger partial charge is 0.251 e. The number of carbonyl (C=O) groups excluding carboxylic acids is 1. The second-order valence-electron chi connectivity index (χ2n) is 9.29. The molecule has 1 aliphatic carbocycles. The summed E-state index contributed by atoms with van der Waals surface area (Å²) in [7, 11) is 0. The van der Waals surface area contributed by atoms with Gasteiger partial charge in [-0.25, -0.2) is 0 Å². The molecule has 1 atom stereocenters. The van der Waals surface area contributed by atoms with Crippen LogP contribution in [0.25, 0.3) is 11.1 Å². The molecule has 6 heteroatoms. The van der Waals surface area contributed by atoms with Crippen LogP contribution in [0.5, 0.6) is 0 Å². The SMILES string of the molecule is Cc1ccc(-c2cc(C(=O)N[C@H](C)c3cnc(C)cn3)cc(C3=NOC4(CCC4)C3)c2)cc1. The molecule has 0 unspecified atom stereocenters. The van der Waals surface area contributed by atoms with E-state index in [0.29, 0.717) is 5.56 Å². The van der Waals surface area contributed by atoms with Crippen LogP contribution < -0.4 is 5.32 Å². The number of oxime groups is 1. The number of rotatable bonds is 5. The minimum atomic E-state index is -0.262. The Hall–Kier alpha value is -3.54. The van der Waals surface area contributed by atoms with Gasteiger partial charge in [0.25, 0.3) is 5.91 Å². The summed E-state index contributed by atoms with van der Waals surface area (Å²) in [5.74, 6) is -0.155. The van der Waals surface area contributed by atoms with Crippen molar-refractivity contribution in [2.45, 2.75) is 58.1 Å². The van der Waals surface area contributed by atoms with Crippen molar-refractivity contribution in [2.24, 2.45) is 5.16 Å². The Bertz CT molecular complexity index is 1210. The van der Waals surface area contributed by atoms with Crippen molar-refractivity contribution in [3.05, 3.63) is 82.9 Å². The average Bonchev–Trinajstić information content (AvgIpc) is 3.26. The number of aryl methyl sites for hydroxylation is 2. The average molecular weight is 441 g/mol. The van der Waals surface area contributed by atoms with Gasteiger partial charge in [-0.3, -0.25) is 14.8 Å². The first kappa shape index (κ1) is 21.3. The van der Waals surface area contributed by atoms with Gasteiger partial charge in [0.2, 0.25) is 0 Å². The first-order valence-corrected chi connectivity index (χ1v) is 11.5. The van der Waals surface area contributed by atoms with Crippen molar-refractivity contribution >= 4 is 11.6 Å². The Morgan fingerprint density at radius 3 is 2.39 bits per heavy atom. The van der Waals surface area contributed by atoms with Crippen LogP contribution in [-0.4, -0.2) is 27.2 Å². The fraction of sp³-hybridized carbons (Fsp3) is 0.333. The topological polar surface area (TPSA) is 76.5 Å². The molecule has 2 aliphatic rings. The molecule has 1 amide bonds. The van der Waals surface area contributed by atoms with E-state index in [0.717, 1.165) is 53.1 Å². The van der Waals surface area contributed by atoms with E-state index < -0.39 is 0 Å². The molecule has 2 aromatic carbocycles. The molecule has 33 heavy (non-hydrogen) atoms. The van der Waals surface area contributed by atoms with Crippen molar-refractivity contribution in [1.82, 2.24) is 15.3 Å². The molecule has 0 radical (unpaired) electrons. The molecule has 0 bridgehead atoms. The molecule has 3 aromatic rings. The van der Waals surface area contributed by atoms with Crippen LogP contribution in [0.3, 0.4) is 0 Å². The number of amides is 1. The van der Waals surface area contributed by atoms with Crippen LogP contribution in [0.4, 0.5) is 0 Å². The number of aromatic nitrogens is 2. The first-order chi connectivity index (χ1) is 15.9. The molecule has 1 aromatic heterocycles. The summed E-state index contributed by atoms with van der Waals surface area (Å²) < 4.78 is 0. The number of nitrogens with zero attached hydrogens (tertiary/aromatic N) is 3. The van der Waals surface area contributed by atoms with Gasteiger partial charge in [0.15, 0.2) is 0 Å². The largest absolute Gasteiger partial charge is 0.389 e. The third kappa shape index (κ3) is 4.38. The Morgan fingerprint density at radius 2 is 1.76 bits per heavy atom. The van der Waals surface area contributed by atoms with Gasteiger partial charge in [-0.2, -0.15) is 0 Å². The van der Waals surface area contributed by atoms with Gasteiger partial charge >= 0.3 is 0 Å². The van der Waals surface area contributed by atoms with Crippen LogP contribution in [0, 0.1) is 13.8 Å². The highest BCUT2D eigenvalue weighted by Crippen LogP contribution is 2.43. The van der Waals surface area contributed by atoms with E-state index in [1.54, 1.807) is 12.4 Å². The van der Waals surface area contributed by atoms with Crippen LogP contribution in [0.2, 0.25) is 0 Å². The lowest BCUT2D eigenvalue weighted by molar-refractivity contribution is -0.0755. The summed E-state index contributed by atoms with van der Waals surface area (Å²) in [5, 5.41) is 7.48. The van der Waals surface area contributed by atoms with Crippen molar-refractivity contribution < 1.29 is 9.63 Å². The van der Waals surface area contributed by atoms with E-state index in [2.05, 4.69) is 57.7 Å². The van der Waals surface area contributed by atoms with Crippen molar-refractivity contribution in [3.63, 3.8) is 0 Å². The summed E-state index contributed by atoms with van der Waals surface area (Å²) in [6.07, 6.45) is 7.47. The molecule has 1 fully saturated rings. The first-order valence-electron chi connectivity index (χ1n) is 11.5. The van der Waals surface area contributed by atoms with Gasteiger partial charge in [-0.05, 0) is 69.4 Å². The summed E-state index contributed by atoms with van der Waals surface area (Å²) in [6, 6.07) is 14.0. The fourth-order valence-corrected chi connectivity index (χ4v) is 4.33. The summed E-state index contributed by atoms with van der Waals surface area (Å²) in [5.41, 5.74) is 7.12. The number of benzene rings is 2. The maximum Gasteiger partial charge on any atom is 0.251 e. The minimum Gasteiger partial charge on any atom is -0.389 e. The molecule has 6 nitrogen and oxygen atoms in total. The third-order valence-corrected chi connectivity index (χ3v) is 6.61. The van der Waals surface area contributed by atoms with Crippen LogP contribution in [0.1, 0.15) is 71.5 Å². The summed E-state index contributed by atoms with van der Waals surface area (Å²) in [6.45, 7) is 5.87. The third-order valence-electron chi connectivity index (χ3n) is 6.61. The number of hydrogen-bond acceptors (Lipinski definition) is 5. The Morgan fingerprint density at radius 1 is 1.00 bits per heavy atom. The minimum absolute atomic E-state index is 0.129. The lowest BCUT2D eigenvalue weighted by Gasteiger charge is -2.34. The zero-order valence-corrected chi connectivity index (χ0v) is 19.3. The number of nitrogens with one attached hydrogen (secondary N) is 1. The second kappa shape index (κ2) is 8.43. The highest BCUT2D eigenvalue weighted by Gasteiger charge is 2.45. The zero-order valence-electron chi connectivity index (χ0n) is 19.3. The molecule has 0 saturated heterocycles. The summed E-state index contributed by atoms with van der Waals surface area (Å²) in [4.78, 5) is 27.8. The Kier molecular flexibility index (Phi) is 5.44. The van der Waals surface area contributed by atoms with E-state index in [1.165, 1.54) is 12.0 Å². The van der Waals surface area contributed by atoms with Gasteiger partial charge in [0, 0.05) is 23.7 Å². The van der Waals surface area contributed by atoms with Crippen molar-refractivity contribution in [2.75, 3.05) is 0 Å². The highest BCUT2D eigenvalue weighted by atomic mass is 16.7. The van der Waals surface area contributed by atoms with Crippen molar-refractivity contribution in [1.29, 1.82) is 0 Å². The molecule has 1 N–H and O–H groups in total. The molecule has 2 heterocycles. The van der Waals surface area contributed by atoms with E-state index in [9.17, 15) is 4.79 Å². The molecule has 1 saturated carbocycles. The van der Waals surface area contributed by atoms with Gasteiger partial charge in [0.05, 0.1) is 29.3 Å². The lowest BCUT2D eigenvalue weighted by atomic mass is 9.76. The van der Waals surface area contributed by atoms with E-state index in [-0.39, 0.29) is 17.6 Å². The second-order valence-corrected chi connectivity index (χ2v) is 9.29. The highest BCUT2D eigenvalue weighted by molar-refractivity contribution is 6.05. The molecule has 1 aliphatic heterocycles. The van der Waals surface area contributed by atoms with Crippen molar-refractivity contribution in [3.8, 4) is 11.1 Å². The maximum atomic E-state index is 13.3. The Balaban J connectivity index is 1.46. The quantitative estimate of drug-likeness (QED) is 0.584. The summed E-state index contributed by atoms with van der Waals surface area (Å²) >= 11 is 0. The standard InChI is InChI=1S/C27H28N4O2/c1-17-5-7-20(8-6-17)21-11-22(24-14-27(33-31-24)9-4-10-27)13-23(12-21)26(32)30-19(3)25-16-28-18(2)15-29-25/h5-8,11-13,15-16,19H,4,9-10,14H2,1-3H3,(H,30,32)/t19-/m1/s1. The van der Waals surface area contributed by atoms with E-state index >= 15 is 0 Å². The maximum absolute atomic E-state index is 13.3. The zero-order chi connectivity index (χ0) is 23.0. The number of carbonyl (C=O) groups is 1. The van der Waals surface area contributed by atoms with Gasteiger partial charge in [-0.15, -0.1) is 0 Å². The van der Waals surface area contributed by atoms with E-state index in [1.807, 2.05) is 26.0 Å². The predicted octanol–water partition coefficient (Wildman–Crippen LogP) is 5.30. The Labute approximate surface area is 194 Å². The molecular formula is C27H28N4O2. The van der Waals surface area contributed by atoms with Crippen LogP contribution >= 0.6 is 0 Å². The van der Waals surface area contributed by atoms with Gasteiger partial charge < -0.3 is 10.2 Å². The normalized spacial score (nSPS) is 17.1. The van der Waals surface area contributed by atoms with Crippen LogP contribution in [-0.2, 0) is 4.84 Å². The monoisotopic (exact) mass is 440 g/mol. The lowest BCUT2D eigenvalue weighted by Crippen LogP contribution is -2.36. The molecule has 5 rings (SSSR count). The van der Waals surface area contributed by atoms with Crippen LogP contribution in [0.15, 0.2) is 60.0 Å². The fourth-order valence-electron chi connectivity index (χ4n) is 4.33. The number of hydrogen-bond donors (Lipinski definition) is 1.